The SMILES string of the molecule is CCOc1ccc(-c2nn(-c3ccccc3)cc2C=c2sc3nc(-c4cccs4)nn3c2=O)cc1. The fourth-order valence-electron chi connectivity index (χ4n) is 3.79. The average molecular weight is 498 g/mol. The highest BCUT2D eigenvalue weighted by molar-refractivity contribution is 7.15. The molecule has 0 unspecified atom stereocenters. The summed E-state index contributed by atoms with van der Waals surface area (Å²) in [5.74, 6) is 1.38. The second-order valence-electron chi connectivity index (χ2n) is 7.69. The van der Waals surface area contributed by atoms with Gasteiger partial charge in [-0.3, -0.25) is 4.79 Å². The maximum atomic E-state index is 13.2. The van der Waals surface area contributed by atoms with E-state index < -0.39 is 0 Å². The van der Waals surface area contributed by atoms with Crippen LogP contribution in [0.15, 0.2) is 83.1 Å². The van der Waals surface area contributed by atoms with E-state index >= 15 is 0 Å². The van der Waals surface area contributed by atoms with Crippen molar-refractivity contribution in [3.8, 4) is 33.4 Å². The molecule has 6 rings (SSSR count). The summed E-state index contributed by atoms with van der Waals surface area (Å²) in [6.07, 6.45) is 3.81. The lowest BCUT2D eigenvalue weighted by Crippen LogP contribution is -2.23. The first-order valence-corrected chi connectivity index (χ1v) is 12.7. The van der Waals surface area contributed by atoms with Gasteiger partial charge in [0.1, 0.15) is 11.4 Å². The van der Waals surface area contributed by atoms with Gasteiger partial charge in [0.15, 0.2) is 5.82 Å². The molecule has 0 aliphatic heterocycles. The topological polar surface area (TPSA) is 74.3 Å². The Balaban J connectivity index is 1.47. The smallest absolute Gasteiger partial charge is 0.291 e. The molecule has 0 fully saturated rings. The molecule has 172 valence electrons. The van der Waals surface area contributed by atoms with Crippen LogP contribution in [0.3, 0.4) is 0 Å². The molecule has 0 aliphatic rings. The summed E-state index contributed by atoms with van der Waals surface area (Å²) >= 11 is 2.87. The fourth-order valence-corrected chi connectivity index (χ4v) is 5.34. The summed E-state index contributed by atoms with van der Waals surface area (Å²) in [7, 11) is 0. The van der Waals surface area contributed by atoms with Crippen LogP contribution in [0.4, 0.5) is 0 Å². The Morgan fingerprint density at radius 3 is 2.54 bits per heavy atom. The lowest BCUT2D eigenvalue weighted by Gasteiger charge is -2.04. The van der Waals surface area contributed by atoms with Crippen LogP contribution < -0.4 is 14.8 Å². The van der Waals surface area contributed by atoms with E-state index in [0.29, 0.717) is 21.9 Å². The molecule has 4 aromatic heterocycles. The molecule has 35 heavy (non-hydrogen) atoms. The molecule has 0 aliphatic carbocycles. The van der Waals surface area contributed by atoms with Crippen molar-refractivity contribution < 1.29 is 4.74 Å². The Morgan fingerprint density at radius 2 is 1.83 bits per heavy atom. The molecule has 0 bridgehead atoms. The number of nitrogens with zero attached hydrogens (tertiary/aromatic N) is 5. The Hall–Kier alpha value is -4.08. The summed E-state index contributed by atoms with van der Waals surface area (Å²) in [4.78, 5) is 19.2. The van der Waals surface area contributed by atoms with E-state index in [9.17, 15) is 4.79 Å². The molecule has 2 aromatic carbocycles. The molecule has 6 aromatic rings. The van der Waals surface area contributed by atoms with Gasteiger partial charge >= 0.3 is 0 Å². The molecule has 0 saturated heterocycles. The van der Waals surface area contributed by atoms with Gasteiger partial charge in [-0.2, -0.15) is 14.6 Å². The minimum Gasteiger partial charge on any atom is -0.494 e. The first kappa shape index (κ1) is 21.5. The van der Waals surface area contributed by atoms with Crippen molar-refractivity contribution in [2.24, 2.45) is 0 Å². The molecule has 0 N–H and O–H groups in total. The standard InChI is InChI=1S/C26H19N5O2S2/c1-2-33-20-12-10-17(11-13-20)23-18(16-30(28-23)19-7-4-3-5-8-19)15-22-25(32)31-26(35-22)27-24(29-31)21-9-6-14-34-21/h3-16H,2H2,1H3. The van der Waals surface area contributed by atoms with Crippen molar-refractivity contribution in [2.45, 2.75) is 6.92 Å². The maximum Gasteiger partial charge on any atom is 0.291 e. The number of aromatic nitrogens is 5. The summed E-state index contributed by atoms with van der Waals surface area (Å²) in [5.41, 5.74) is 3.28. The highest BCUT2D eigenvalue weighted by Gasteiger charge is 2.15. The number of rotatable bonds is 6. The van der Waals surface area contributed by atoms with Crippen LogP contribution in [0.5, 0.6) is 5.75 Å². The lowest BCUT2D eigenvalue weighted by molar-refractivity contribution is 0.340. The van der Waals surface area contributed by atoms with Crippen molar-refractivity contribution in [3.63, 3.8) is 0 Å². The van der Waals surface area contributed by atoms with Crippen LogP contribution in [0.25, 0.3) is 38.7 Å². The summed E-state index contributed by atoms with van der Waals surface area (Å²) < 4.78 is 9.34. The highest BCUT2D eigenvalue weighted by atomic mass is 32.1. The molecule has 9 heteroatoms. The predicted octanol–water partition coefficient (Wildman–Crippen LogP) is 4.68. The number of ether oxygens (including phenoxy) is 1. The Morgan fingerprint density at radius 1 is 1.00 bits per heavy atom. The molecule has 0 atom stereocenters. The van der Waals surface area contributed by atoms with Gasteiger partial charge in [0.25, 0.3) is 5.56 Å². The first-order chi connectivity index (χ1) is 17.2. The summed E-state index contributed by atoms with van der Waals surface area (Å²) in [6, 6.07) is 21.6. The van der Waals surface area contributed by atoms with Gasteiger partial charge in [-0.25, -0.2) is 4.68 Å². The zero-order valence-corrected chi connectivity index (χ0v) is 20.3. The van der Waals surface area contributed by atoms with Crippen molar-refractivity contribution in [2.75, 3.05) is 6.61 Å². The predicted molar refractivity (Wildman–Crippen MR) is 139 cm³/mol. The third-order valence-corrected chi connectivity index (χ3v) is 7.24. The van der Waals surface area contributed by atoms with Gasteiger partial charge in [0.2, 0.25) is 4.96 Å². The molecule has 0 radical (unpaired) electrons. The lowest BCUT2D eigenvalue weighted by atomic mass is 10.1. The largest absolute Gasteiger partial charge is 0.494 e. The van der Waals surface area contributed by atoms with E-state index in [1.807, 2.05) is 96.0 Å². The number of thiophene rings is 1. The Bertz CT molecular complexity index is 1720. The van der Waals surface area contributed by atoms with E-state index in [2.05, 4.69) is 10.1 Å². The van der Waals surface area contributed by atoms with Crippen LogP contribution in [0, 0.1) is 0 Å². The maximum absolute atomic E-state index is 13.2. The highest BCUT2D eigenvalue weighted by Crippen LogP contribution is 2.27. The van der Waals surface area contributed by atoms with Crippen molar-refractivity contribution in [1.82, 2.24) is 24.4 Å². The van der Waals surface area contributed by atoms with Gasteiger partial charge < -0.3 is 4.74 Å². The summed E-state index contributed by atoms with van der Waals surface area (Å²) in [6.45, 7) is 2.56. The summed E-state index contributed by atoms with van der Waals surface area (Å²) in [5, 5.41) is 11.3. The number of para-hydroxylation sites is 1. The fraction of sp³-hybridized carbons (Fsp3) is 0.0769. The molecule has 0 spiro atoms. The van der Waals surface area contributed by atoms with Crippen molar-refractivity contribution in [1.29, 1.82) is 0 Å². The molecular formula is C26H19N5O2S2. The normalized spacial score (nSPS) is 12.0. The molecule has 7 nitrogen and oxygen atoms in total. The van der Waals surface area contributed by atoms with Crippen LogP contribution in [0.2, 0.25) is 0 Å². The molecule has 0 saturated carbocycles. The quantitative estimate of drug-likeness (QED) is 0.334. The van der Waals surface area contributed by atoms with Crippen LogP contribution >= 0.6 is 22.7 Å². The van der Waals surface area contributed by atoms with Crippen molar-refractivity contribution in [3.05, 3.63) is 98.8 Å². The van der Waals surface area contributed by atoms with Crippen LogP contribution in [-0.4, -0.2) is 31.0 Å². The minimum atomic E-state index is -0.189. The number of fused-ring (bicyclic) bond motifs is 1. The molecule has 4 heterocycles. The average Bonchev–Trinajstić information content (AvgIpc) is 3.67. The van der Waals surface area contributed by atoms with E-state index in [0.717, 1.165) is 33.1 Å². The third kappa shape index (κ3) is 4.05. The van der Waals surface area contributed by atoms with Gasteiger partial charge in [-0.05, 0) is 60.8 Å². The number of hydrogen-bond donors (Lipinski definition) is 0. The zero-order valence-electron chi connectivity index (χ0n) is 18.7. The Kier molecular flexibility index (Phi) is 5.48. The van der Waals surface area contributed by atoms with E-state index in [1.165, 1.54) is 15.9 Å². The molecular weight excluding hydrogens is 478 g/mol. The van der Waals surface area contributed by atoms with Gasteiger partial charge in [0, 0.05) is 17.3 Å². The number of thiazole rings is 1. The minimum absolute atomic E-state index is 0.189. The number of benzene rings is 2. The van der Waals surface area contributed by atoms with E-state index in [4.69, 9.17) is 9.84 Å². The number of hydrogen-bond acceptors (Lipinski definition) is 7. The van der Waals surface area contributed by atoms with E-state index in [1.54, 1.807) is 11.3 Å². The molecule has 0 amide bonds. The third-order valence-electron chi connectivity index (χ3n) is 5.41. The van der Waals surface area contributed by atoms with Crippen LogP contribution in [-0.2, 0) is 0 Å². The van der Waals surface area contributed by atoms with Gasteiger partial charge in [-0.15, -0.1) is 16.4 Å². The Labute approximate surface area is 208 Å². The van der Waals surface area contributed by atoms with Gasteiger partial charge in [0.05, 0.1) is 21.7 Å². The second-order valence-corrected chi connectivity index (χ2v) is 9.65. The zero-order chi connectivity index (χ0) is 23.8. The first-order valence-electron chi connectivity index (χ1n) is 11.0. The van der Waals surface area contributed by atoms with Crippen molar-refractivity contribution >= 4 is 33.7 Å². The van der Waals surface area contributed by atoms with Gasteiger partial charge in [-0.1, -0.05) is 35.6 Å². The van der Waals surface area contributed by atoms with E-state index in [-0.39, 0.29) is 5.56 Å². The second kappa shape index (κ2) is 8.94. The monoisotopic (exact) mass is 497 g/mol. The van der Waals surface area contributed by atoms with Crippen LogP contribution in [0.1, 0.15) is 12.5 Å².